The molecule has 0 radical (unpaired) electrons. The second-order valence-electron chi connectivity index (χ2n) is 4.96. The van der Waals surface area contributed by atoms with Crippen LogP contribution in [0.1, 0.15) is 20.8 Å². The monoisotopic (exact) mass is 262 g/mol. The highest BCUT2D eigenvalue weighted by molar-refractivity contribution is 8.01. The van der Waals surface area contributed by atoms with Crippen molar-refractivity contribution in [3.05, 3.63) is 40.6 Å². The van der Waals surface area contributed by atoms with Crippen LogP contribution in [0.25, 0.3) is 10.9 Å². The number of nitro groups is 1. The van der Waals surface area contributed by atoms with E-state index in [0.29, 0.717) is 4.90 Å². The number of thioether (sulfide) groups is 1. The Morgan fingerprint density at radius 1 is 1.28 bits per heavy atom. The summed E-state index contributed by atoms with van der Waals surface area (Å²) in [6.45, 7) is 6.11. The van der Waals surface area contributed by atoms with Crippen molar-refractivity contribution < 1.29 is 4.92 Å². The highest BCUT2D eigenvalue weighted by Crippen LogP contribution is 2.41. The molecule has 0 saturated carbocycles. The van der Waals surface area contributed by atoms with E-state index in [1.807, 2.05) is 26.8 Å². The largest absolute Gasteiger partial charge is 0.283 e. The molecule has 0 bridgehead atoms. The Hall–Kier alpha value is -1.62. The standard InChI is InChI=1S/C13H14N2O2S/c1-13(2,3)18-12-9-5-4-8-14-10(9)6-7-11(12)15(16)17/h4-8H,1-3H3. The number of hydrogen-bond donors (Lipinski definition) is 0. The molecule has 0 fully saturated rings. The molecule has 5 heteroatoms. The number of rotatable bonds is 2. The fourth-order valence-electron chi connectivity index (χ4n) is 1.67. The van der Waals surface area contributed by atoms with E-state index < -0.39 is 0 Å². The number of hydrogen-bond acceptors (Lipinski definition) is 4. The van der Waals surface area contributed by atoms with E-state index >= 15 is 0 Å². The average molecular weight is 262 g/mol. The lowest BCUT2D eigenvalue weighted by atomic mass is 10.2. The van der Waals surface area contributed by atoms with E-state index in [4.69, 9.17) is 0 Å². The van der Waals surface area contributed by atoms with Gasteiger partial charge < -0.3 is 0 Å². The molecular weight excluding hydrogens is 248 g/mol. The van der Waals surface area contributed by atoms with Gasteiger partial charge in [0.1, 0.15) is 0 Å². The molecule has 0 atom stereocenters. The Bertz CT molecular complexity index is 605. The van der Waals surface area contributed by atoms with Crippen molar-refractivity contribution in [3.63, 3.8) is 0 Å². The Labute approximate surface area is 110 Å². The number of pyridine rings is 1. The molecule has 0 aliphatic rings. The van der Waals surface area contributed by atoms with Crippen molar-refractivity contribution >= 4 is 28.4 Å². The minimum absolute atomic E-state index is 0.0884. The zero-order valence-corrected chi connectivity index (χ0v) is 11.3. The lowest BCUT2D eigenvalue weighted by molar-refractivity contribution is -0.387. The molecule has 18 heavy (non-hydrogen) atoms. The summed E-state index contributed by atoms with van der Waals surface area (Å²) in [4.78, 5) is 15.7. The molecule has 0 aliphatic carbocycles. The van der Waals surface area contributed by atoms with E-state index in [-0.39, 0.29) is 15.4 Å². The Morgan fingerprint density at radius 2 is 2.00 bits per heavy atom. The van der Waals surface area contributed by atoms with Crippen molar-refractivity contribution in [2.75, 3.05) is 0 Å². The molecule has 0 unspecified atom stereocenters. The predicted molar refractivity (Wildman–Crippen MR) is 74.0 cm³/mol. The topological polar surface area (TPSA) is 56.0 Å². The zero-order chi connectivity index (χ0) is 13.3. The molecule has 0 spiro atoms. The Kier molecular flexibility index (Phi) is 3.26. The number of aromatic nitrogens is 1. The smallest absolute Gasteiger partial charge is 0.258 e. The summed E-state index contributed by atoms with van der Waals surface area (Å²) >= 11 is 1.50. The van der Waals surface area contributed by atoms with Crippen LogP contribution < -0.4 is 0 Å². The summed E-state index contributed by atoms with van der Waals surface area (Å²) in [6.07, 6.45) is 1.69. The van der Waals surface area contributed by atoms with Crippen LogP contribution in [0.15, 0.2) is 35.4 Å². The predicted octanol–water partition coefficient (Wildman–Crippen LogP) is 4.03. The summed E-state index contributed by atoms with van der Waals surface area (Å²) < 4.78 is -0.0884. The van der Waals surface area contributed by atoms with Gasteiger partial charge in [-0.15, -0.1) is 11.8 Å². The molecule has 1 heterocycles. The molecule has 1 aromatic heterocycles. The number of fused-ring (bicyclic) bond motifs is 1. The van der Waals surface area contributed by atoms with E-state index in [1.54, 1.807) is 18.3 Å². The molecule has 0 amide bonds. The minimum Gasteiger partial charge on any atom is -0.258 e. The van der Waals surface area contributed by atoms with Gasteiger partial charge in [0.25, 0.3) is 5.69 Å². The van der Waals surface area contributed by atoms with Crippen LogP contribution in [-0.4, -0.2) is 14.7 Å². The average Bonchev–Trinajstić information content (AvgIpc) is 2.27. The van der Waals surface area contributed by atoms with E-state index in [1.165, 1.54) is 17.8 Å². The van der Waals surface area contributed by atoms with Gasteiger partial charge in [0.2, 0.25) is 0 Å². The molecule has 2 aromatic rings. The van der Waals surface area contributed by atoms with E-state index in [2.05, 4.69) is 4.98 Å². The third-order valence-corrected chi connectivity index (χ3v) is 3.57. The van der Waals surface area contributed by atoms with Crippen molar-refractivity contribution in [1.82, 2.24) is 4.98 Å². The van der Waals surface area contributed by atoms with Crippen LogP contribution in [0, 0.1) is 10.1 Å². The van der Waals surface area contributed by atoms with Crippen LogP contribution in [0.3, 0.4) is 0 Å². The first-order chi connectivity index (χ1) is 8.38. The lowest BCUT2D eigenvalue weighted by Crippen LogP contribution is -2.08. The third kappa shape index (κ3) is 2.61. The quantitative estimate of drug-likeness (QED) is 0.465. The molecule has 0 aliphatic heterocycles. The Morgan fingerprint density at radius 3 is 2.61 bits per heavy atom. The van der Waals surface area contributed by atoms with Gasteiger partial charge in [-0.1, -0.05) is 20.8 Å². The third-order valence-electron chi connectivity index (χ3n) is 2.32. The van der Waals surface area contributed by atoms with Gasteiger partial charge in [-0.25, -0.2) is 0 Å². The van der Waals surface area contributed by atoms with Gasteiger partial charge >= 0.3 is 0 Å². The number of nitrogens with zero attached hydrogens (tertiary/aromatic N) is 2. The van der Waals surface area contributed by atoms with Crippen molar-refractivity contribution in [3.8, 4) is 0 Å². The van der Waals surface area contributed by atoms with Crippen LogP contribution in [0.2, 0.25) is 0 Å². The normalized spacial score (nSPS) is 11.7. The number of nitro benzene ring substituents is 1. The van der Waals surface area contributed by atoms with Crippen LogP contribution in [0.5, 0.6) is 0 Å². The summed E-state index contributed by atoms with van der Waals surface area (Å²) in [6, 6.07) is 6.91. The first-order valence-corrected chi connectivity index (χ1v) is 6.41. The molecule has 0 saturated heterocycles. The summed E-state index contributed by atoms with van der Waals surface area (Å²) in [5.41, 5.74) is 0.935. The second-order valence-corrected chi connectivity index (χ2v) is 6.79. The Balaban J connectivity index is 2.70. The first-order valence-electron chi connectivity index (χ1n) is 5.59. The fourth-order valence-corrected chi connectivity index (χ4v) is 2.81. The highest BCUT2D eigenvalue weighted by atomic mass is 32.2. The van der Waals surface area contributed by atoms with Crippen LogP contribution in [-0.2, 0) is 0 Å². The molecule has 94 valence electrons. The van der Waals surface area contributed by atoms with Gasteiger partial charge in [-0.05, 0) is 18.2 Å². The molecule has 4 nitrogen and oxygen atoms in total. The second kappa shape index (κ2) is 4.57. The fraction of sp³-hybridized carbons (Fsp3) is 0.308. The van der Waals surface area contributed by atoms with Gasteiger partial charge in [-0.2, -0.15) is 0 Å². The lowest BCUT2D eigenvalue weighted by Gasteiger charge is -2.18. The van der Waals surface area contributed by atoms with Crippen molar-refractivity contribution in [2.24, 2.45) is 0 Å². The molecular formula is C13H14N2O2S. The van der Waals surface area contributed by atoms with Gasteiger partial charge in [-0.3, -0.25) is 15.1 Å². The SMILES string of the molecule is CC(C)(C)Sc1c([N+](=O)[O-])ccc2ncccc12. The molecule has 1 aromatic carbocycles. The summed E-state index contributed by atoms with van der Waals surface area (Å²) in [5.74, 6) is 0. The van der Waals surface area contributed by atoms with Crippen molar-refractivity contribution in [2.45, 2.75) is 30.4 Å². The van der Waals surface area contributed by atoms with Gasteiger partial charge in [0, 0.05) is 22.4 Å². The first kappa shape index (κ1) is 12.8. The van der Waals surface area contributed by atoms with E-state index in [0.717, 1.165) is 10.9 Å². The van der Waals surface area contributed by atoms with Crippen LogP contribution >= 0.6 is 11.8 Å². The maximum Gasteiger partial charge on any atom is 0.283 e. The zero-order valence-electron chi connectivity index (χ0n) is 10.5. The summed E-state index contributed by atoms with van der Waals surface area (Å²) in [7, 11) is 0. The van der Waals surface area contributed by atoms with Crippen molar-refractivity contribution in [1.29, 1.82) is 0 Å². The highest BCUT2D eigenvalue weighted by Gasteiger charge is 2.23. The molecule has 2 rings (SSSR count). The van der Waals surface area contributed by atoms with Crippen LogP contribution in [0.4, 0.5) is 5.69 Å². The maximum atomic E-state index is 11.1. The maximum absolute atomic E-state index is 11.1. The minimum atomic E-state index is -0.333. The summed E-state index contributed by atoms with van der Waals surface area (Å²) in [5, 5.41) is 12.0. The molecule has 0 N–H and O–H groups in total. The van der Waals surface area contributed by atoms with E-state index in [9.17, 15) is 10.1 Å². The number of benzene rings is 1. The van der Waals surface area contributed by atoms with Gasteiger partial charge in [0.15, 0.2) is 0 Å². The van der Waals surface area contributed by atoms with Gasteiger partial charge in [0.05, 0.1) is 15.3 Å².